The van der Waals surface area contributed by atoms with Gasteiger partial charge in [-0.05, 0) is 72.3 Å². The molecular formula is C42H26N4O2. The topological polar surface area (TPSA) is 68.1 Å². The van der Waals surface area contributed by atoms with Gasteiger partial charge in [0.2, 0.25) is 0 Å². The van der Waals surface area contributed by atoms with E-state index in [0.717, 1.165) is 55.4 Å². The standard InChI is InChI=1S/C42H26N4O2/c47-41-31-14-10-18-39(40(31)42(48)46(41)36-17-5-4-13-30(36)27-11-2-1-3-12-27)45-37-21-19-28(34-15-6-8-23-43-34)25-32(37)33-26-29(20-22-38(33)45)35-16-7-9-24-44-35/h1-26H. The average molecular weight is 619 g/mol. The minimum atomic E-state index is -0.348. The molecule has 0 bridgehead atoms. The first-order chi connectivity index (χ1) is 23.7. The van der Waals surface area contributed by atoms with Crippen molar-refractivity contribution in [2.45, 2.75) is 0 Å². The van der Waals surface area contributed by atoms with Crippen LogP contribution in [0.4, 0.5) is 5.69 Å². The van der Waals surface area contributed by atoms with Crippen molar-refractivity contribution < 1.29 is 9.59 Å². The maximum Gasteiger partial charge on any atom is 0.268 e. The minimum Gasteiger partial charge on any atom is -0.308 e. The molecule has 1 aliphatic heterocycles. The third-order valence-corrected chi connectivity index (χ3v) is 9.05. The van der Waals surface area contributed by atoms with E-state index < -0.39 is 0 Å². The van der Waals surface area contributed by atoms with Crippen molar-refractivity contribution in [3.63, 3.8) is 0 Å². The molecule has 5 aromatic carbocycles. The van der Waals surface area contributed by atoms with Crippen LogP contribution in [-0.2, 0) is 0 Å². The van der Waals surface area contributed by atoms with Crippen molar-refractivity contribution in [1.29, 1.82) is 0 Å². The Morgan fingerprint density at radius 3 is 1.62 bits per heavy atom. The van der Waals surface area contributed by atoms with E-state index >= 15 is 0 Å². The summed E-state index contributed by atoms with van der Waals surface area (Å²) < 4.78 is 2.10. The van der Waals surface area contributed by atoms with Gasteiger partial charge >= 0.3 is 0 Å². The van der Waals surface area contributed by atoms with Crippen LogP contribution in [0, 0.1) is 0 Å². The highest BCUT2D eigenvalue weighted by Crippen LogP contribution is 2.41. The molecule has 9 rings (SSSR count). The van der Waals surface area contributed by atoms with Crippen LogP contribution in [0.1, 0.15) is 20.7 Å². The number of nitrogens with zero attached hydrogens (tertiary/aromatic N) is 4. The second kappa shape index (κ2) is 11.0. The molecule has 0 N–H and O–H groups in total. The van der Waals surface area contributed by atoms with Crippen molar-refractivity contribution >= 4 is 39.3 Å². The van der Waals surface area contributed by atoms with Gasteiger partial charge in [-0.25, -0.2) is 4.90 Å². The van der Waals surface area contributed by atoms with E-state index in [1.807, 2.05) is 103 Å². The van der Waals surface area contributed by atoms with Crippen LogP contribution in [0.5, 0.6) is 0 Å². The third-order valence-electron chi connectivity index (χ3n) is 9.05. The van der Waals surface area contributed by atoms with Crippen molar-refractivity contribution in [3.05, 3.63) is 169 Å². The Bertz CT molecular complexity index is 2440. The fourth-order valence-electron chi connectivity index (χ4n) is 6.87. The van der Waals surface area contributed by atoms with Crippen LogP contribution in [0.3, 0.4) is 0 Å². The highest BCUT2D eigenvalue weighted by Gasteiger charge is 2.40. The molecule has 0 spiro atoms. The summed E-state index contributed by atoms with van der Waals surface area (Å²) in [5.41, 5.74) is 9.26. The Labute approximate surface area is 276 Å². The molecule has 0 saturated carbocycles. The largest absolute Gasteiger partial charge is 0.308 e. The van der Waals surface area contributed by atoms with Crippen molar-refractivity contribution in [2.24, 2.45) is 0 Å². The molecule has 8 aromatic rings. The zero-order valence-electron chi connectivity index (χ0n) is 25.6. The Morgan fingerprint density at radius 1 is 0.438 bits per heavy atom. The number of aromatic nitrogens is 3. The lowest BCUT2D eigenvalue weighted by Gasteiger charge is -2.18. The van der Waals surface area contributed by atoms with E-state index in [4.69, 9.17) is 0 Å². The van der Waals surface area contributed by atoms with Gasteiger partial charge in [-0.15, -0.1) is 0 Å². The molecule has 0 fully saturated rings. The lowest BCUT2D eigenvalue weighted by molar-refractivity contribution is 0.0926. The molecule has 1 aliphatic rings. The summed E-state index contributed by atoms with van der Waals surface area (Å²) in [6.07, 6.45) is 3.58. The lowest BCUT2D eigenvalue weighted by Crippen LogP contribution is -2.30. The number of carbonyl (C=O) groups is 2. The van der Waals surface area contributed by atoms with Gasteiger partial charge in [-0.3, -0.25) is 19.6 Å². The summed E-state index contributed by atoms with van der Waals surface area (Å²) >= 11 is 0. The van der Waals surface area contributed by atoms with E-state index in [-0.39, 0.29) is 11.8 Å². The van der Waals surface area contributed by atoms with Crippen LogP contribution in [-0.4, -0.2) is 26.3 Å². The number of rotatable bonds is 5. The van der Waals surface area contributed by atoms with Crippen LogP contribution in [0.2, 0.25) is 0 Å². The number of carbonyl (C=O) groups excluding carboxylic acids is 2. The number of para-hydroxylation sites is 1. The number of hydrogen-bond donors (Lipinski definition) is 0. The highest BCUT2D eigenvalue weighted by atomic mass is 16.2. The molecule has 3 aromatic heterocycles. The van der Waals surface area contributed by atoms with Gasteiger partial charge in [0, 0.05) is 39.9 Å². The molecule has 6 heteroatoms. The molecule has 0 radical (unpaired) electrons. The average Bonchev–Trinajstić information content (AvgIpc) is 3.62. The summed E-state index contributed by atoms with van der Waals surface area (Å²) in [5.74, 6) is -0.685. The summed E-state index contributed by atoms with van der Waals surface area (Å²) in [5, 5.41) is 2.01. The number of imide groups is 1. The number of amides is 2. The maximum absolute atomic E-state index is 14.5. The molecule has 48 heavy (non-hydrogen) atoms. The summed E-state index contributed by atoms with van der Waals surface area (Å²) in [6.45, 7) is 0. The SMILES string of the molecule is O=C1c2cccc(-n3c4ccc(-c5ccccn5)cc4c4cc(-c5ccccn5)ccc43)c2C(=O)N1c1ccccc1-c1ccccc1. The van der Waals surface area contributed by atoms with Gasteiger partial charge in [0.05, 0.1) is 44.9 Å². The molecular weight excluding hydrogens is 592 g/mol. The lowest BCUT2D eigenvalue weighted by atomic mass is 10.0. The van der Waals surface area contributed by atoms with Crippen molar-refractivity contribution in [3.8, 4) is 39.3 Å². The monoisotopic (exact) mass is 618 g/mol. The van der Waals surface area contributed by atoms with Crippen molar-refractivity contribution in [2.75, 3.05) is 4.90 Å². The molecule has 4 heterocycles. The first-order valence-corrected chi connectivity index (χ1v) is 15.7. The van der Waals surface area contributed by atoms with E-state index in [1.54, 1.807) is 18.5 Å². The van der Waals surface area contributed by atoms with Crippen LogP contribution in [0.15, 0.2) is 158 Å². The van der Waals surface area contributed by atoms with E-state index in [0.29, 0.717) is 22.5 Å². The van der Waals surface area contributed by atoms with Gasteiger partial charge in [0.25, 0.3) is 11.8 Å². The second-order valence-electron chi connectivity index (χ2n) is 11.8. The number of pyridine rings is 2. The van der Waals surface area contributed by atoms with Gasteiger partial charge in [-0.2, -0.15) is 0 Å². The Hall–Kier alpha value is -6.66. The Morgan fingerprint density at radius 2 is 1.00 bits per heavy atom. The van der Waals surface area contributed by atoms with E-state index in [1.165, 1.54) is 4.90 Å². The fourth-order valence-corrected chi connectivity index (χ4v) is 6.87. The van der Waals surface area contributed by atoms with Gasteiger partial charge in [0.15, 0.2) is 0 Å². The first-order valence-electron chi connectivity index (χ1n) is 15.7. The fraction of sp³-hybridized carbons (Fsp3) is 0. The van der Waals surface area contributed by atoms with E-state index in [9.17, 15) is 9.59 Å². The highest BCUT2D eigenvalue weighted by molar-refractivity contribution is 6.36. The molecule has 0 aliphatic carbocycles. The third kappa shape index (κ3) is 4.27. The van der Waals surface area contributed by atoms with Crippen LogP contribution >= 0.6 is 0 Å². The molecule has 6 nitrogen and oxygen atoms in total. The quantitative estimate of drug-likeness (QED) is 0.180. The first kappa shape index (κ1) is 27.6. The van der Waals surface area contributed by atoms with Crippen LogP contribution < -0.4 is 4.90 Å². The summed E-state index contributed by atoms with van der Waals surface area (Å²) in [4.78, 5) is 39.2. The predicted molar refractivity (Wildman–Crippen MR) is 190 cm³/mol. The van der Waals surface area contributed by atoms with Gasteiger partial charge in [-0.1, -0.05) is 78.9 Å². The molecule has 0 saturated heterocycles. The molecule has 0 unspecified atom stereocenters. The zero-order valence-corrected chi connectivity index (χ0v) is 25.6. The van der Waals surface area contributed by atoms with E-state index in [2.05, 4.69) is 50.9 Å². The number of benzene rings is 5. The second-order valence-corrected chi connectivity index (χ2v) is 11.8. The smallest absolute Gasteiger partial charge is 0.268 e. The normalized spacial score (nSPS) is 12.6. The van der Waals surface area contributed by atoms with Gasteiger partial charge in [0.1, 0.15) is 0 Å². The maximum atomic E-state index is 14.5. The summed E-state index contributed by atoms with van der Waals surface area (Å²) in [7, 11) is 0. The molecule has 0 atom stereocenters. The number of anilines is 1. The molecule has 226 valence electrons. The number of fused-ring (bicyclic) bond motifs is 4. The Balaban J connectivity index is 1.27. The zero-order chi connectivity index (χ0) is 32.2. The predicted octanol–water partition coefficient (Wildman–Crippen LogP) is 9.38. The Kier molecular flexibility index (Phi) is 6.33. The van der Waals surface area contributed by atoms with Gasteiger partial charge < -0.3 is 4.57 Å². The molecule has 2 amide bonds. The number of hydrogen-bond acceptors (Lipinski definition) is 4. The minimum absolute atomic E-state index is 0.337. The summed E-state index contributed by atoms with van der Waals surface area (Å²) in [6, 6.07) is 47.2. The van der Waals surface area contributed by atoms with Crippen LogP contribution in [0.25, 0.3) is 61.1 Å². The van der Waals surface area contributed by atoms with Crippen molar-refractivity contribution in [1.82, 2.24) is 14.5 Å².